The zero-order valence-electron chi connectivity index (χ0n) is 14.1. The fourth-order valence-electron chi connectivity index (χ4n) is 3.29. The fourth-order valence-corrected chi connectivity index (χ4v) is 5.23. The molecule has 0 unspecified atom stereocenters. The number of hydrogen-bond donors (Lipinski definition) is 0. The second-order valence-electron chi connectivity index (χ2n) is 6.30. The Balaban J connectivity index is 1.71. The minimum Gasteiger partial charge on any atom is -0.283 e. The van der Waals surface area contributed by atoms with Crippen LogP contribution in [-0.2, 0) is 4.79 Å². The normalized spacial score (nSPS) is 21.9. The molecule has 7 heteroatoms. The van der Waals surface area contributed by atoms with Gasteiger partial charge in [-0.3, -0.25) is 9.69 Å². The number of aliphatic imine (C=N–C) groups is 1. The summed E-state index contributed by atoms with van der Waals surface area (Å²) in [5.41, 5.74) is 0.600. The first-order valence-corrected chi connectivity index (χ1v) is 10.8. The summed E-state index contributed by atoms with van der Waals surface area (Å²) < 4.78 is 0. The van der Waals surface area contributed by atoms with Crippen LogP contribution in [0.1, 0.15) is 37.0 Å². The predicted molar refractivity (Wildman–Crippen MR) is 110 cm³/mol. The molecule has 1 saturated heterocycles. The number of halogens is 1. The maximum Gasteiger partial charge on any atom is 0.267 e. The molecule has 2 aromatic heterocycles. The number of amides is 1. The van der Waals surface area contributed by atoms with Crippen molar-refractivity contribution in [1.82, 2.24) is 9.88 Å². The molecule has 134 valence electrons. The van der Waals surface area contributed by atoms with E-state index in [2.05, 4.69) is 4.98 Å². The SMILES string of the molecule is O=C1/C(=C\c2cccs2)SC(=Nc2cccnc2Cl)N1C1CCCCC1. The molecule has 1 aliphatic carbocycles. The van der Waals surface area contributed by atoms with Crippen molar-refractivity contribution in [2.45, 2.75) is 38.1 Å². The van der Waals surface area contributed by atoms with Crippen LogP contribution >= 0.6 is 34.7 Å². The molecule has 2 aromatic rings. The summed E-state index contributed by atoms with van der Waals surface area (Å²) in [6.07, 6.45) is 9.20. The molecule has 3 heterocycles. The smallest absolute Gasteiger partial charge is 0.267 e. The summed E-state index contributed by atoms with van der Waals surface area (Å²) in [4.78, 5) is 25.6. The number of pyridine rings is 1. The first-order valence-electron chi connectivity index (χ1n) is 8.68. The van der Waals surface area contributed by atoms with Gasteiger partial charge in [-0.2, -0.15) is 0 Å². The third kappa shape index (κ3) is 3.72. The largest absolute Gasteiger partial charge is 0.283 e. The second kappa shape index (κ2) is 7.94. The first-order chi connectivity index (χ1) is 12.7. The Hall–Kier alpha value is -1.63. The van der Waals surface area contributed by atoms with Gasteiger partial charge in [-0.1, -0.05) is 36.9 Å². The van der Waals surface area contributed by atoms with E-state index < -0.39 is 0 Å². The summed E-state index contributed by atoms with van der Waals surface area (Å²) in [5.74, 6) is 0.0501. The van der Waals surface area contributed by atoms with Gasteiger partial charge in [-0.05, 0) is 54.3 Å². The number of thioether (sulfide) groups is 1. The molecule has 0 bridgehead atoms. The summed E-state index contributed by atoms with van der Waals surface area (Å²) in [5, 5.41) is 3.08. The van der Waals surface area contributed by atoms with Crippen molar-refractivity contribution in [2.24, 2.45) is 4.99 Å². The van der Waals surface area contributed by atoms with Crippen molar-refractivity contribution in [1.29, 1.82) is 0 Å². The number of hydrogen-bond acceptors (Lipinski definition) is 5. The fraction of sp³-hybridized carbons (Fsp3) is 0.316. The summed E-state index contributed by atoms with van der Waals surface area (Å²) in [6, 6.07) is 7.86. The molecule has 1 aliphatic heterocycles. The molecule has 26 heavy (non-hydrogen) atoms. The second-order valence-corrected chi connectivity index (χ2v) is 8.65. The molecule has 0 spiro atoms. The van der Waals surface area contributed by atoms with E-state index in [0.29, 0.717) is 16.0 Å². The topological polar surface area (TPSA) is 45.6 Å². The van der Waals surface area contributed by atoms with Gasteiger partial charge >= 0.3 is 0 Å². The summed E-state index contributed by atoms with van der Waals surface area (Å²) in [7, 11) is 0. The van der Waals surface area contributed by atoms with Crippen molar-refractivity contribution in [3.8, 4) is 0 Å². The Morgan fingerprint density at radius 3 is 2.81 bits per heavy atom. The number of thiophene rings is 1. The number of carbonyl (C=O) groups is 1. The van der Waals surface area contributed by atoms with Crippen molar-refractivity contribution in [2.75, 3.05) is 0 Å². The zero-order valence-corrected chi connectivity index (χ0v) is 16.5. The average Bonchev–Trinajstić information content (AvgIpc) is 3.27. The zero-order chi connectivity index (χ0) is 17.9. The highest BCUT2D eigenvalue weighted by molar-refractivity contribution is 8.18. The Bertz CT molecular complexity index is 857. The Morgan fingerprint density at radius 2 is 2.08 bits per heavy atom. The lowest BCUT2D eigenvalue weighted by molar-refractivity contribution is -0.124. The molecule has 4 nitrogen and oxygen atoms in total. The maximum atomic E-state index is 13.1. The van der Waals surface area contributed by atoms with Crippen LogP contribution in [0.4, 0.5) is 5.69 Å². The van der Waals surface area contributed by atoms with E-state index >= 15 is 0 Å². The van der Waals surface area contributed by atoms with Crippen molar-refractivity contribution in [3.05, 3.63) is 50.8 Å². The maximum absolute atomic E-state index is 13.1. The minimum atomic E-state index is 0.0501. The van der Waals surface area contributed by atoms with Gasteiger partial charge in [0.25, 0.3) is 5.91 Å². The molecule has 0 aromatic carbocycles. The van der Waals surface area contributed by atoms with Crippen LogP contribution in [0.25, 0.3) is 6.08 Å². The van der Waals surface area contributed by atoms with E-state index in [1.165, 1.54) is 18.2 Å². The monoisotopic (exact) mass is 403 g/mol. The molecule has 4 rings (SSSR count). The average molecular weight is 404 g/mol. The Kier molecular flexibility index (Phi) is 5.43. The predicted octanol–water partition coefficient (Wildman–Crippen LogP) is 5.73. The van der Waals surface area contributed by atoms with E-state index in [0.717, 1.165) is 35.5 Å². The first kappa shape index (κ1) is 17.8. The quantitative estimate of drug-likeness (QED) is 0.485. The highest BCUT2D eigenvalue weighted by Crippen LogP contribution is 2.39. The number of rotatable bonds is 3. The number of nitrogens with zero attached hydrogens (tertiary/aromatic N) is 3. The van der Waals surface area contributed by atoms with E-state index in [9.17, 15) is 4.79 Å². The summed E-state index contributed by atoms with van der Waals surface area (Å²) in [6.45, 7) is 0. The molecular formula is C19H18ClN3OS2. The van der Waals surface area contributed by atoms with Gasteiger partial charge in [-0.25, -0.2) is 9.98 Å². The van der Waals surface area contributed by atoms with Crippen LogP contribution in [0, 0.1) is 0 Å². The van der Waals surface area contributed by atoms with Gasteiger partial charge in [0.1, 0.15) is 5.69 Å². The lowest BCUT2D eigenvalue weighted by Gasteiger charge is -2.30. The van der Waals surface area contributed by atoms with E-state index in [1.54, 1.807) is 23.6 Å². The Morgan fingerprint density at radius 1 is 1.23 bits per heavy atom. The minimum absolute atomic E-state index is 0.0501. The van der Waals surface area contributed by atoms with Gasteiger partial charge in [0, 0.05) is 17.1 Å². The Labute approximate surface area is 166 Å². The molecule has 0 radical (unpaired) electrons. The van der Waals surface area contributed by atoms with E-state index in [1.807, 2.05) is 34.6 Å². The van der Waals surface area contributed by atoms with Crippen molar-refractivity contribution < 1.29 is 4.79 Å². The number of aromatic nitrogens is 1. The lowest BCUT2D eigenvalue weighted by Crippen LogP contribution is -2.40. The van der Waals surface area contributed by atoms with Crippen LogP contribution in [0.5, 0.6) is 0 Å². The summed E-state index contributed by atoms with van der Waals surface area (Å²) >= 11 is 9.24. The van der Waals surface area contributed by atoms with E-state index in [4.69, 9.17) is 16.6 Å². The highest BCUT2D eigenvalue weighted by atomic mass is 35.5. The molecule has 1 saturated carbocycles. The molecule has 2 fully saturated rings. The van der Waals surface area contributed by atoms with Gasteiger partial charge < -0.3 is 0 Å². The van der Waals surface area contributed by atoms with Crippen molar-refractivity contribution in [3.63, 3.8) is 0 Å². The number of amidine groups is 1. The third-order valence-electron chi connectivity index (χ3n) is 4.55. The van der Waals surface area contributed by atoms with Crippen LogP contribution < -0.4 is 0 Å². The molecule has 0 atom stereocenters. The highest BCUT2D eigenvalue weighted by Gasteiger charge is 2.38. The van der Waals surface area contributed by atoms with Crippen LogP contribution in [0.2, 0.25) is 5.15 Å². The standard InChI is InChI=1S/C19H18ClN3OS2/c20-17-15(9-4-10-21-17)22-19-23(13-6-2-1-3-7-13)18(24)16(26-19)12-14-8-5-11-25-14/h4-5,8-13H,1-3,6-7H2/b16-12+,22-19?. The van der Waals surface area contributed by atoms with E-state index in [-0.39, 0.29) is 11.9 Å². The van der Waals surface area contributed by atoms with Crippen molar-refractivity contribution >= 4 is 57.5 Å². The lowest BCUT2D eigenvalue weighted by atomic mass is 9.94. The molecule has 0 N–H and O–H groups in total. The molecule has 1 amide bonds. The van der Waals surface area contributed by atoms with Gasteiger partial charge in [-0.15, -0.1) is 11.3 Å². The van der Waals surface area contributed by atoms with Crippen LogP contribution in [0.15, 0.2) is 45.7 Å². The van der Waals surface area contributed by atoms with Gasteiger partial charge in [0.2, 0.25) is 0 Å². The third-order valence-corrected chi connectivity index (χ3v) is 6.64. The van der Waals surface area contributed by atoms with Gasteiger partial charge in [0.15, 0.2) is 10.3 Å². The van der Waals surface area contributed by atoms with Crippen LogP contribution in [-0.4, -0.2) is 27.0 Å². The van der Waals surface area contributed by atoms with Gasteiger partial charge in [0.05, 0.1) is 4.91 Å². The van der Waals surface area contributed by atoms with Crippen LogP contribution in [0.3, 0.4) is 0 Å². The molecular weight excluding hydrogens is 386 g/mol. The number of carbonyl (C=O) groups excluding carboxylic acids is 1. The molecule has 2 aliphatic rings.